The Morgan fingerprint density at radius 1 is 1.19 bits per heavy atom. The summed E-state index contributed by atoms with van der Waals surface area (Å²) in [7, 11) is 0. The van der Waals surface area contributed by atoms with Crippen molar-refractivity contribution < 1.29 is 9.05 Å². The van der Waals surface area contributed by atoms with Gasteiger partial charge in [0.05, 0.1) is 6.42 Å². The van der Waals surface area contributed by atoms with Crippen LogP contribution >= 0.6 is 0 Å². The van der Waals surface area contributed by atoms with Crippen molar-refractivity contribution in [2.45, 2.75) is 25.2 Å². The van der Waals surface area contributed by atoms with E-state index in [2.05, 4.69) is 20.6 Å². The molecule has 3 heterocycles. The summed E-state index contributed by atoms with van der Waals surface area (Å²) >= 11 is 0. The fraction of sp³-hybridized carbons (Fsp3) is 0.400. The molecule has 21 heavy (non-hydrogen) atoms. The Balaban J connectivity index is 1.56. The smallest absolute Gasteiger partial charge is 0.232 e. The summed E-state index contributed by atoms with van der Waals surface area (Å²) in [5.74, 6) is 1.74. The fourth-order valence-corrected chi connectivity index (χ4v) is 2.79. The number of hydrogen-bond acceptors (Lipinski definition) is 6. The SMILES string of the molecule is c1ccc2c(Cc3nc(C4CCCNC4)no3)noc2c1. The quantitative estimate of drug-likeness (QED) is 0.795. The van der Waals surface area contributed by atoms with Crippen molar-refractivity contribution in [3.8, 4) is 0 Å². The lowest BCUT2D eigenvalue weighted by Gasteiger charge is -2.19. The van der Waals surface area contributed by atoms with E-state index < -0.39 is 0 Å². The summed E-state index contributed by atoms with van der Waals surface area (Å²) in [6, 6.07) is 7.79. The summed E-state index contributed by atoms with van der Waals surface area (Å²) in [4.78, 5) is 4.52. The zero-order valence-corrected chi connectivity index (χ0v) is 11.6. The lowest BCUT2D eigenvalue weighted by atomic mass is 9.99. The van der Waals surface area contributed by atoms with Gasteiger partial charge in [-0.05, 0) is 31.5 Å². The highest BCUT2D eigenvalue weighted by Gasteiger charge is 2.21. The Labute approximate surface area is 121 Å². The molecule has 1 aliphatic heterocycles. The average Bonchev–Trinajstić information content (AvgIpc) is 3.17. The Morgan fingerprint density at radius 3 is 3.05 bits per heavy atom. The van der Waals surface area contributed by atoms with Gasteiger partial charge < -0.3 is 14.4 Å². The second-order valence-electron chi connectivity index (χ2n) is 5.39. The highest BCUT2D eigenvalue weighted by molar-refractivity contribution is 5.79. The van der Waals surface area contributed by atoms with Crippen LogP contribution in [0.2, 0.25) is 0 Å². The van der Waals surface area contributed by atoms with Crippen LogP contribution in [0.3, 0.4) is 0 Å². The minimum atomic E-state index is 0.352. The first-order chi connectivity index (χ1) is 10.4. The number of hydrogen-bond donors (Lipinski definition) is 1. The lowest BCUT2D eigenvalue weighted by molar-refractivity contribution is 0.363. The second-order valence-corrected chi connectivity index (χ2v) is 5.39. The van der Waals surface area contributed by atoms with Crippen molar-refractivity contribution in [3.05, 3.63) is 41.7 Å². The lowest BCUT2D eigenvalue weighted by Crippen LogP contribution is -2.28. The van der Waals surface area contributed by atoms with E-state index in [1.807, 2.05) is 24.3 Å². The van der Waals surface area contributed by atoms with Crippen molar-refractivity contribution in [3.63, 3.8) is 0 Å². The minimum absolute atomic E-state index is 0.352. The Hall–Kier alpha value is -2.21. The Bertz CT molecular complexity index is 743. The van der Waals surface area contributed by atoms with Gasteiger partial charge in [0.2, 0.25) is 5.89 Å². The molecule has 1 aromatic carbocycles. The van der Waals surface area contributed by atoms with Crippen LogP contribution in [0.5, 0.6) is 0 Å². The molecule has 2 aromatic heterocycles. The van der Waals surface area contributed by atoms with Crippen LogP contribution in [-0.4, -0.2) is 28.4 Å². The summed E-state index contributed by atoms with van der Waals surface area (Å²) in [6.45, 7) is 2.00. The summed E-state index contributed by atoms with van der Waals surface area (Å²) < 4.78 is 10.7. The molecule has 6 heteroatoms. The maximum absolute atomic E-state index is 5.37. The molecule has 0 bridgehead atoms. The number of nitrogens with one attached hydrogen (secondary N) is 1. The van der Waals surface area contributed by atoms with E-state index in [0.717, 1.165) is 48.4 Å². The van der Waals surface area contributed by atoms with Crippen molar-refractivity contribution in [2.24, 2.45) is 0 Å². The first-order valence-electron chi connectivity index (χ1n) is 7.26. The molecule has 1 atom stereocenters. The third-order valence-electron chi connectivity index (χ3n) is 3.92. The Morgan fingerprint density at radius 2 is 2.14 bits per heavy atom. The molecule has 0 aliphatic carbocycles. The fourth-order valence-electron chi connectivity index (χ4n) is 2.79. The summed E-state index contributed by atoms with van der Waals surface area (Å²) in [5.41, 5.74) is 1.62. The third-order valence-corrected chi connectivity index (χ3v) is 3.92. The number of benzene rings is 1. The molecule has 1 saturated heterocycles. The van der Waals surface area contributed by atoms with Crippen LogP contribution in [0.15, 0.2) is 33.3 Å². The second kappa shape index (κ2) is 5.29. The minimum Gasteiger partial charge on any atom is -0.356 e. The topological polar surface area (TPSA) is 77.0 Å². The molecule has 0 radical (unpaired) electrons. The first-order valence-corrected chi connectivity index (χ1v) is 7.26. The van der Waals surface area contributed by atoms with Gasteiger partial charge in [-0.2, -0.15) is 4.98 Å². The molecular weight excluding hydrogens is 268 g/mol. The molecule has 1 aliphatic rings. The third kappa shape index (κ3) is 2.42. The van der Waals surface area contributed by atoms with E-state index >= 15 is 0 Å². The van der Waals surface area contributed by atoms with Gasteiger partial charge in [0, 0.05) is 17.8 Å². The number of rotatable bonds is 3. The van der Waals surface area contributed by atoms with Crippen molar-refractivity contribution in [1.82, 2.24) is 20.6 Å². The van der Waals surface area contributed by atoms with Crippen molar-refractivity contribution in [1.29, 1.82) is 0 Å². The molecule has 0 saturated carbocycles. The van der Waals surface area contributed by atoms with Crippen LogP contribution in [0.4, 0.5) is 0 Å². The summed E-state index contributed by atoms with van der Waals surface area (Å²) in [6.07, 6.45) is 2.77. The largest absolute Gasteiger partial charge is 0.356 e. The van der Waals surface area contributed by atoms with Crippen LogP contribution < -0.4 is 5.32 Å². The van der Waals surface area contributed by atoms with E-state index in [1.165, 1.54) is 0 Å². The van der Waals surface area contributed by atoms with Gasteiger partial charge in [0.1, 0.15) is 5.69 Å². The van der Waals surface area contributed by atoms with E-state index in [-0.39, 0.29) is 0 Å². The van der Waals surface area contributed by atoms with Crippen molar-refractivity contribution >= 4 is 11.0 Å². The van der Waals surface area contributed by atoms with E-state index in [9.17, 15) is 0 Å². The maximum Gasteiger partial charge on any atom is 0.232 e. The van der Waals surface area contributed by atoms with Gasteiger partial charge >= 0.3 is 0 Å². The van der Waals surface area contributed by atoms with Crippen molar-refractivity contribution in [2.75, 3.05) is 13.1 Å². The normalized spacial score (nSPS) is 19.1. The first kappa shape index (κ1) is 12.5. The van der Waals surface area contributed by atoms with Gasteiger partial charge in [-0.15, -0.1) is 0 Å². The monoisotopic (exact) mass is 284 g/mol. The predicted octanol–water partition coefficient (Wildman–Crippen LogP) is 2.27. The van der Waals surface area contributed by atoms with Crippen LogP contribution in [0, 0.1) is 0 Å². The molecule has 1 unspecified atom stereocenters. The van der Waals surface area contributed by atoms with E-state index in [1.54, 1.807) is 0 Å². The van der Waals surface area contributed by atoms with Gasteiger partial charge in [0.25, 0.3) is 0 Å². The number of fused-ring (bicyclic) bond motifs is 1. The zero-order chi connectivity index (χ0) is 14.1. The molecule has 1 N–H and O–H groups in total. The molecule has 0 spiro atoms. The number of nitrogens with zero attached hydrogens (tertiary/aromatic N) is 3. The van der Waals surface area contributed by atoms with Gasteiger partial charge in [-0.3, -0.25) is 0 Å². The Kier molecular flexibility index (Phi) is 3.16. The van der Waals surface area contributed by atoms with Crippen LogP contribution in [-0.2, 0) is 6.42 Å². The van der Waals surface area contributed by atoms with Gasteiger partial charge in [-0.1, -0.05) is 22.4 Å². The summed E-state index contributed by atoms with van der Waals surface area (Å²) in [5, 5.41) is 12.6. The van der Waals surface area contributed by atoms with Crippen LogP contribution in [0.1, 0.15) is 36.2 Å². The maximum atomic E-state index is 5.37. The predicted molar refractivity (Wildman–Crippen MR) is 76.0 cm³/mol. The highest BCUT2D eigenvalue weighted by atomic mass is 16.5. The molecule has 0 amide bonds. The van der Waals surface area contributed by atoms with E-state index in [0.29, 0.717) is 18.2 Å². The number of para-hydroxylation sites is 1. The molecule has 3 aromatic rings. The van der Waals surface area contributed by atoms with Gasteiger partial charge in [-0.25, -0.2) is 0 Å². The standard InChI is InChI=1S/C15H16N4O2/c1-2-6-13-11(5-1)12(18-20-13)8-14-17-15(19-21-14)10-4-3-7-16-9-10/h1-2,5-6,10,16H,3-4,7-9H2. The molecular formula is C15H16N4O2. The number of piperidine rings is 1. The zero-order valence-electron chi connectivity index (χ0n) is 11.6. The molecule has 108 valence electrons. The number of aromatic nitrogens is 3. The average molecular weight is 284 g/mol. The van der Waals surface area contributed by atoms with E-state index in [4.69, 9.17) is 9.05 Å². The molecule has 4 rings (SSSR count). The van der Waals surface area contributed by atoms with Crippen LogP contribution in [0.25, 0.3) is 11.0 Å². The molecule has 6 nitrogen and oxygen atoms in total. The van der Waals surface area contributed by atoms with Gasteiger partial charge in [0.15, 0.2) is 11.4 Å². The highest BCUT2D eigenvalue weighted by Crippen LogP contribution is 2.23. The molecule has 1 fully saturated rings.